The quantitative estimate of drug-likeness (QED) is 0.661. The molecule has 0 aliphatic rings. The monoisotopic (exact) mass is 295 g/mol. The molecule has 0 aliphatic heterocycles. The van der Waals surface area contributed by atoms with Gasteiger partial charge in [-0.25, -0.2) is 0 Å². The van der Waals surface area contributed by atoms with Crippen LogP contribution in [0, 0.1) is 5.39 Å². The van der Waals surface area contributed by atoms with Crippen LogP contribution in [-0.4, -0.2) is 0 Å². The first-order valence-corrected chi connectivity index (χ1v) is 4.66. The van der Waals surface area contributed by atoms with Crippen LogP contribution in [0.5, 0.6) is 0 Å². The fourth-order valence-corrected chi connectivity index (χ4v) is 1.30. The molecule has 0 aliphatic carbocycles. The van der Waals surface area contributed by atoms with Crippen molar-refractivity contribution in [1.82, 2.24) is 0 Å². The number of para-hydroxylation sites is 1. The van der Waals surface area contributed by atoms with E-state index in [2.05, 4.69) is 10.3 Å². The maximum atomic E-state index is 8.52. The van der Waals surface area contributed by atoms with E-state index in [0.717, 1.165) is 11.4 Å². The summed E-state index contributed by atoms with van der Waals surface area (Å²) in [6.07, 6.45) is 0. The summed E-state index contributed by atoms with van der Waals surface area (Å²) in [6.45, 7) is 0. The molecule has 0 amide bonds. The van der Waals surface area contributed by atoms with E-state index < -0.39 is 0 Å². The van der Waals surface area contributed by atoms with Crippen LogP contribution in [0.25, 0.3) is 4.98 Å². The molecule has 0 radical (unpaired) electrons. The van der Waals surface area contributed by atoms with Crippen LogP contribution in [0.15, 0.2) is 54.6 Å². The van der Waals surface area contributed by atoms with Gasteiger partial charge in [-0.05, 0) is 24.3 Å². The van der Waals surface area contributed by atoms with Gasteiger partial charge in [0.15, 0.2) is 4.98 Å². The Hall–Kier alpha value is -1.43. The third-order valence-corrected chi connectivity index (χ3v) is 2.05. The molecule has 17 heavy (non-hydrogen) atoms. The van der Waals surface area contributed by atoms with Gasteiger partial charge in [0.05, 0.1) is 0 Å². The Bertz CT molecular complexity index is 479. The zero-order valence-electron chi connectivity index (χ0n) is 9.18. The third kappa shape index (κ3) is 4.52. The summed E-state index contributed by atoms with van der Waals surface area (Å²) >= 11 is 0. The van der Waals surface area contributed by atoms with Gasteiger partial charge in [-0.2, -0.15) is 0 Å². The molecule has 0 saturated heterocycles. The number of rotatable bonds is 2. The summed E-state index contributed by atoms with van der Waals surface area (Å²) < 4.78 is 0. The molecular weight excluding hydrogens is 287 g/mol. The molecule has 0 aromatic heterocycles. The third-order valence-electron chi connectivity index (χ3n) is 2.05. The number of nitrogens with zero attached hydrogens (tertiary/aromatic N) is 2. The standard InChI is InChI=1S/C12H10N3.ClH.Zn/c13-15-12-8-6-11(7-9-12)14-10-4-2-1-3-5-10;;/h1-9,14H;1H;/q+1;;/p-1. The zero-order chi connectivity index (χ0) is 10.5. The van der Waals surface area contributed by atoms with Crippen molar-refractivity contribution in [2.75, 3.05) is 5.32 Å². The van der Waals surface area contributed by atoms with E-state index in [1.807, 2.05) is 42.5 Å². The van der Waals surface area contributed by atoms with Crippen molar-refractivity contribution in [3.8, 4) is 0 Å². The van der Waals surface area contributed by atoms with Crippen LogP contribution in [0.3, 0.4) is 0 Å². The average Bonchev–Trinajstić information content (AvgIpc) is 2.31. The largest absolute Gasteiger partial charge is 1.00 e. The van der Waals surface area contributed by atoms with E-state index in [0.29, 0.717) is 5.69 Å². The van der Waals surface area contributed by atoms with Gasteiger partial charge in [0, 0.05) is 43.0 Å². The summed E-state index contributed by atoms with van der Waals surface area (Å²) in [4.78, 5) is 3.09. The predicted molar refractivity (Wildman–Crippen MR) is 60.9 cm³/mol. The van der Waals surface area contributed by atoms with Crippen LogP contribution in [0.4, 0.5) is 17.1 Å². The maximum Gasteiger partial charge on any atom is 0.385 e. The Balaban J connectivity index is 0.00000128. The number of diazo groups is 1. The van der Waals surface area contributed by atoms with Gasteiger partial charge in [-0.1, -0.05) is 18.2 Å². The molecule has 0 unspecified atom stereocenters. The predicted octanol–water partition coefficient (Wildman–Crippen LogP) is 0.916. The van der Waals surface area contributed by atoms with Gasteiger partial charge < -0.3 is 17.7 Å². The normalized spacial score (nSPS) is 8.18. The first kappa shape index (κ1) is 15.6. The molecule has 0 spiro atoms. The molecule has 0 bridgehead atoms. The van der Waals surface area contributed by atoms with Crippen LogP contribution >= 0.6 is 0 Å². The SMILES string of the molecule is N#[N+]c1ccc(Nc2ccccc2)cc1.[Cl-].[Zn]. The maximum absolute atomic E-state index is 8.52. The van der Waals surface area contributed by atoms with E-state index in [9.17, 15) is 0 Å². The summed E-state index contributed by atoms with van der Waals surface area (Å²) in [5, 5.41) is 11.8. The number of halogens is 1. The molecule has 2 rings (SSSR count). The number of anilines is 2. The summed E-state index contributed by atoms with van der Waals surface area (Å²) in [5.74, 6) is 0. The van der Waals surface area contributed by atoms with E-state index in [1.165, 1.54) is 0 Å². The summed E-state index contributed by atoms with van der Waals surface area (Å²) in [6, 6.07) is 17.1. The minimum Gasteiger partial charge on any atom is -1.00 e. The van der Waals surface area contributed by atoms with Gasteiger partial charge >= 0.3 is 5.69 Å². The van der Waals surface area contributed by atoms with Crippen molar-refractivity contribution in [3.63, 3.8) is 0 Å². The average molecular weight is 297 g/mol. The van der Waals surface area contributed by atoms with Crippen molar-refractivity contribution < 1.29 is 31.9 Å². The minimum atomic E-state index is 0. The molecule has 0 heterocycles. The van der Waals surface area contributed by atoms with Crippen LogP contribution in [0.1, 0.15) is 0 Å². The van der Waals surface area contributed by atoms with Gasteiger partial charge in [-0.3, -0.25) is 0 Å². The molecule has 5 heteroatoms. The second-order valence-electron chi connectivity index (χ2n) is 3.14. The number of benzene rings is 2. The van der Waals surface area contributed by atoms with E-state index in [4.69, 9.17) is 5.39 Å². The van der Waals surface area contributed by atoms with E-state index in [-0.39, 0.29) is 31.9 Å². The first-order valence-electron chi connectivity index (χ1n) is 4.66. The fraction of sp³-hybridized carbons (Fsp3) is 0. The van der Waals surface area contributed by atoms with Crippen LogP contribution < -0.4 is 17.7 Å². The molecule has 0 saturated carbocycles. The second-order valence-corrected chi connectivity index (χ2v) is 3.14. The molecule has 0 atom stereocenters. The van der Waals surface area contributed by atoms with E-state index >= 15 is 0 Å². The molecule has 2 aromatic carbocycles. The van der Waals surface area contributed by atoms with Crippen molar-refractivity contribution in [2.24, 2.45) is 0 Å². The summed E-state index contributed by atoms with van der Waals surface area (Å²) in [7, 11) is 0. The zero-order valence-corrected chi connectivity index (χ0v) is 12.9. The smallest absolute Gasteiger partial charge is 0.385 e. The van der Waals surface area contributed by atoms with Gasteiger partial charge in [0.1, 0.15) is 0 Å². The summed E-state index contributed by atoms with van der Waals surface area (Å²) in [5.41, 5.74) is 2.55. The van der Waals surface area contributed by atoms with Crippen molar-refractivity contribution in [1.29, 1.82) is 5.39 Å². The second kappa shape index (κ2) is 7.78. The Morgan fingerprint density at radius 2 is 1.35 bits per heavy atom. The van der Waals surface area contributed by atoms with Crippen LogP contribution in [-0.2, 0) is 19.5 Å². The van der Waals surface area contributed by atoms with Crippen molar-refractivity contribution in [3.05, 3.63) is 59.6 Å². The molecule has 3 nitrogen and oxygen atoms in total. The van der Waals surface area contributed by atoms with Crippen LogP contribution in [0.2, 0.25) is 0 Å². The Labute approximate surface area is 119 Å². The molecule has 82 valence electrons. The molecular formula is C12H10ClN3Zn. The number of hydrogen-bond donors (Lipinski definition) is 1. The Morgan fingerprint density at radius 1 is 0.824 bits per heavy atom. The Morgan fingerprint density at radius 3 is 1.88 bits per heavy atom. The van der Waals surface area contributed by atoms with Gasteiger partial charge in [0.2, 0.25) is 5.39 Å². The Kier molecular flexibility index (Phi) is 7.13. The van der Waals surface area contributed by atoms with E-state index in [1.54, 1.807) is 12.1 Å². The fourth-order valence-electron chi connectivity index (χ4n) is 1.30. The molecule has 1 N–H and O–H groups in total. The topological polar surface area (TPSA) is 40.2 Å². The number of hydrogen-bond acceptors (Lipinski definition) is 2. The van der Waals surface area contributed by atoms with Gasteiger partial charge in [-0.15, -0.1) is 0 Å². The number of nitrogens with one attached hydrogen (secondary N) is 1. The van der Waals surface area contributed by atoms with Gasteiger partial charge in [0.25, 0.3) is 0 Å². The van der Waals surface area contributed by atoms with Crippen molar-refractivity contribution in [2.45, 2.75) is 0 Å². The molecule has 0 fully saturated rings. The first-order chi connectivity index (χ1) is 7.38. The molecule has 2 aromatic rings. The minimum absolute atomic E-state index is 0. The van der Waals surface area contributed by atoms with Crippen molar-refractivity contribution >= 4 is 17.1 Å².